The van der Waals surface area contributed by atoms with Gasteiger partial charge in [0.1, 0.15) is 5.82 Å². The second kappa shape index (κ2) is 8.49. The maximum Gasteiger partial charge on any atom is 0.253 e. The first kappa shape index (κ1) is 20.3. The van der Waals surface area contributed by atoms with Crippen LogP contribution in [0.15, 0.2) is 48.5 Å². The number of tetrazole rings is 1. The molecule has 32 heavy (non-hydrogen) atoms. The molecule has 9 heteroatoms. The summed E-state index contributed by atoms with van der Waals surface area (Å²) in [5, 5.41) is 15.0. The van der Waals surface area contributed by atoms with Crippen molar-refractivity contribution in [1.82, 2.24) is 25.1 Å². The highest BCUT2D eigenvalue weighted by molar-refractivity contribution is 5.96. The lowest BCUT2D eigenvalue weighted by Crippen LogP contribution is -2.43. The molecule has 8 nitrogen and oxygen atoms in total. The number of nitrogens with zero attached hydrogens (tertiary/aromatic N) is 5. The van der Waals surface area contributed by atoms with Gasteiger partial charge in [-0.15, -0.1) is 5.10 Å². The largest absolute Gasteiger partial charge is 0.338 e. The Bertz CT molecular complexity index is 1140. The van der Waals surface area contributed by atoms with Crippen molar-refractivity contribution in [2.45, 2.75) is 31.7 Å². The van der Waals surface area contributed by atoms with Crippen LogP contribution in [0, 0.1) is 11.7 Å². The van der Waals surface area contributed by atoms with Gasteiger partial charge in [0.2, 0.25) is 5.91 Å². The molecule has 1 saturated carbocycles. The molecule has 0 radical (unpaired) electrons. The number of carbonyl (C=O) groups is 2. The Morgan fingerprint density at radius 2 is 1.88 bits per heavy atom. The van der Waals surface area contributed by atoms with Crippen LogP contribution in [-0.2, 0) is 4.79 Å². The fourth-order valence-corrected chi connectivity index (χ4v) is 4.08. The molecule has 2 fully saturated rings. The molecular weight excluding hydrogens is 411 g/mol. The first-order valence-corrected chi connectivity index (χ1v) is 10.8. The summed E-state index contributed by atoms with van der Waals surface area (Å²) in [4.78, 5) is 27.4. The van der Waals surface area contributed by atoms with Crippen LogP contribution in [0.5, 0.6) is 0 Å². The van der Waals surface area contributed by atoms with E-state index >= 15 is 0 Å². The van der Waals surface area contributed by atoms with Crippen LogP contribution >= 0.6 is 0 Å². The summed E-state index contributed by atoms with van der Waals surface area (Å²) in [5.74, 6) is -0.311. The molecular formula is C23H23FN6O2. The van der Waals surface area contributed by atoms with Gasteiger partial charge < -0.3 is 10.2 Å². The van der Waals surface area contributed by atoms with Crippen molar-refractivity contribution in [2.75, 3.05) is 18.4 Å². The molecule has 1 atom stereocenters. The minimum Gasteiger partial charge on any atom is -0.338 e. The van der Waals surface area contributed by atoms with E-state index in [9.17, 15) is 14.0 Å². The second-order valence-corrected chi connectivity index (χ2v) is 8.35. The molecule has 2 heterocycles. The number of anilines is 1. The van der Waals surface area contributed by atoms with E-state index in [4.69, 9.17) is 0 Å². The molecule has 0 spiro atoms. The summed E-state index contributed by atoms with van der Waals surface area (Å²) < 4.78 is 15.0. The van der Waals surface area contributed by atoms with Crippen LogP contribution in [0.3, 0.4) is 0 Å². The maximum atomic E-state index is 13.2. The van der Waals surface area contributed by atoms with Gasteiger partial charge in [-0.05, 0) is 72.5 Å². The molecule has 5 rings (SSSR count). The van der Waals surface area contributed by atoms with Crippen molar-refractivity contribution in [2.24, 2.45) is 5.92 Å². The predicted octanol–water partition coefficient (Wildman–Crippen LogP) is 3.31. The third-order valence-corrected chi connectivity index (χ3v) is 5.94. The molecule has 1 N–H and O–H groups in total. The normalized spacial score (nSPS) is 18.4. The summed E-state index contributed by atoms with van der Waals surface area (Å²) in [6, 6.07) is 13.3. The van der Waals surface area contributed by atoms with E-state index in [1.165, 1.54) is 24.3 Å². The van der Waals surface area contributed by atoms with Crippen molar-refractivity contribution >= 4 is 17.5 Å². The number of halogens is 1. The minimum absolute atomic E-state index is 0.124. The molecule has 2 aliphatic rings. The van der Waals surface area contributed by atoms with E-state index in [0.717, 1.165) is 24.8 Å². The van der Waals surface area contributed by atoms with Crippen LogP contribution in [0.25, 0.3) is 11.4 Å². The number of benzene rings is 2. The number of hydrogen-bond donors (Lipinski definition) is 1. The summed E-state index contributed by atoms with van der Waals surface area (Å²) in [5.41, 5.74) is 1.94. The third-order valence-electron chi connectivity index (χ3n) is 5.94. The van der Waals surface area contributed by atoms with E-state index in [0.29, 0.717) is 42.6 Å². The van der Waals surface area contributed by atoms with Gasteiger partial charge in [0, 0.05) is 29.9 Å². The van der Waals surface area contributed by atoms with Gasteiger partial charge in [0.15, 0.2) is 5.82 Å². The standard InChI is InChI=1S/C23H23FN6O2/c24-18-8-6-15(7-9-18)23(32)29-12-2-4-17(14-29)22(31)25-19-5-1-3-16(13-19)21-26-27-28-30(21)20-10-11-20/h1,3,5-9,13,17,20H,2,4,10-12,14H2,(H,25,31)/t17-/m0/s1. The van der Waals surface area contributed by atoms with Crippen LogP contribution < -0.4 is 5.32 Å². The molecule has 0 bridgehead atoms. The summed E-state index contributed by atoms with van der Waals surface area (Å²) >= 11 is 0. The number of likely N-dealkylation sites (tertiary alicyclic amines) is 1. The van der Waals surface area contributed by atoms with Crippen molar-refractivity contribution in [3.63, 3.8) is 0 Å². The molecule has 1 aliphatic carbocycles. The van der Waals surface area contributed by atoms with Gasteiger partial charge in [-0.2, -0.15) is 0 Å². The highest BCUT2D eigenvalue weighted by Crippen LogP contribution is 2.36. The lowest BCUT2D eigenvalue weighted by Gasteiger charge is -2.32. The maximum absolute atomic E-state index is 13.2. The van der Waals surface area contributed by atoms with Crippen molar-refractivity contribution in [3.8, 4) is 11.4 Å². The van der Waals surface area contributed by atoms with E-state index in [1.807, 2.05) is 28.9 Å². The smallest absolute Gasteiger partial charge is 0.253 e. The molecule has 2 aromatic carbocycles. The van der Waals surface area contributed by atoms with Gasteiger partial charge in [-0.1, -0.05) is 12.1 Å². The first-order valence-electron chi connectivity index (χ1n) is 10.8. The summed E-state index contributed by atoms with van der Waals surface area (Å²) in [7, 11) is 0. The highest BCUT2D eigenvalue weighted by Gasteiger charge is 2.30. The third kappa shape index (κ3) is 4.23. The topological polar surface area (TPSA) is 93.0 Å². The lowest BCUT2D eigenvalue weighted by atomic mass is 9.96. The second-order valence-electron chi connectivity index (χ2n) is 8.35. The molecule has 0 unspecified atom stereocenters. The Balaban J connectivity index is 1.26. The zero-order valence-corrected chi connectivity index (χ0v) is 17.4. The summed E-state index contributed by atoms with van der Waals surface area (Å²) in [6.07, 6.45) is 3.59. The lowest BCUT2D eigenvalue weighted by molar-refractivity contribution is -0.121. The zero-order chi connectivity index (χ0) is 22.1. The number of piperidine rings is 1. The fraction of sp³-hybridized carbons (Fsp3) is 0.348. The van der Waals surface area contributed by atoms with Crippen LogP contribution in [0.4, 0.5) is 10.1 Å². The zero-order valence-electron chi connectivity index (χ0n) is 17.4. The predicted molar refractivity (Wildman–Crippen MR) is 115 cm³/mol. The molecule has 2 amide bonds. The number of rotatable bonds is 5. The molecule has 3 aromatic rings. The Kier molecular flexibility index (Phi) is 5.38. The van der Waals surface area contributed by atoms with Gasteiger partial charge in [0.05, 0.1) is 12.0 Å². The van der Waals surface area contributed by atoms with E-state index < -0.39 is 0 Å². The van der Waals surface area contributed by atoms with Crippen molar-refractivity contribution in [3.05, 3.63) is 59.9 Å². The van der Waals surface area contributed by atoms with Crippen molar-refractivity contribution in [1.29, 1.82) is 0 Å². The Morgan fingerprint density at radius 3 is 2.66 bits per heavy atom. The quantitative estimate of drug-likeness (QED) is 0.665. The first-order chi connectivity index (χ1) is 15.6. The van der Waals surface area contributed by atoms with E-state index in [1.54, 1.807) is 4.90 Å². The Labute approximate surface area is 184 Å². The molecule has 1 saturated heterocycles. The number of nitrogens with one attached hydrogen (secondary N) is 1. The monoisotopic (exact) mass is 434 g/mol. The van der Waals surface area contributed by atoms with Crippen molar-refractivity contribution < 1.29 is 14.0 Å². The van der Waals surface area contributed by atoms with Crippen LogP contribution in [-0.4, -0.2) is 50.0 Å². The van der Waals surface area contributed by atoms with Gasteiger partial charge in [-0.3, -0.25) is 9.59 Å². The average Bonchev–Trinajstić information content (AvgIpc) is 3.55. The van der Waals surface area contributed by atoms with Gasteiger partial charge in [-0.25, -0.2) is 9.07 Å². The molecule has 1 aromatic heterocycles. The SMILES string of the molecule is O=C(Nc1cccc(-c2nnnn2C2CC2)c1)[C@H]1CCCN(C(=O)c2ccc(F)cc2)C1. The Hall–Kier alpha value is -3.62. The Morgan fingerprint density at radius 1 is 1.06 bits per heavy atom. The number of carbonyl (C=O) groups excluding carboxylic acids is 2. The van der Waals surface area contributed by atoms with Crippen LogP contribution in [0.1, 0.15) is 42.1 Å². The van der Waals surface area contributed by atoms with Crippen LogP contribution in [0.2, 0.25) is 0 Å². The van der Waals surface area contributed by atoms with E-state index in [-0.39, 0.29) is 23.5 Å². The number of amides is 2. The molecule has 164 valence electrons. The minimum atomic E-state index is -0.383. The van der Waals surface area contributed by atoms with E-state index in [2.05, 4.69) is 20.8 Å². The van der Waals surface area contributed by atoms with Gasteiger partial charge in [0.25, 0.3) is 5.91 Å². The fourth-order valence-electron chi connectivity index (χ4n) is 4.08. The summed E-state index contributed by atoms with van der Waals surface area (Å²) in [6.45, 7) is 0.918. The number of hydrogen-bond acceptors (Lipinski definition) is 5. The van der Waals surface area contributed by atoms with Gasteiger partial charge >= 0.3 is 0 Å². The number of aromatic nitrogens is 4. The average molecular weight is 434 g/mol. The highest BCUT2D eigenvalue weighted by atomic mass is 19.1. The molecule has 1 aliphatic heterocycles.